The molecule has 0 bridgehead atoms. The normalized spacial score (nSPS) is 23.6. The second kappa shape index (κ2) is 9.67. The number of carbonyl (C=O) groups is 3. The molecule has 2 aliphatic rings. The molecule has 1 heterocycles. The third-order valence-electron chi connectivity index (χ3n) is 5.76. The number of halogens is 3. The van der Waals surface area contributed by atoms with Crippen molar-refractivity contribution >= 4 is 23.6 Å². The maximum absolute atomic E-state index is 12.9. The monoisotopic (exact) mass is 470 g/mol. The van der Waals surface area contributed by atoms with Crippen molar-refractivity contribution in [2.45, 2.75) is 57.0 Å². The number of hydrogen-bond donors (Lipinski definition) is 3. The van der Waals surface area contributed by atoms with Crippen molar-refractivity contribution in [1.29, 1.82) is 0 Å². The summed E-state index contributed by atoms with van der Waals surface area (Å²) >= 11 is 0. The minimum Gasteiger partial charge on any atom is -0.435 e. The molecule has 1 saturated carbocycles. The first-order valence-electron chi connectivity index (χ1n) is 10.5. The van der Waals surface area contributed by atoms with Crippen LogP contribution in [0.2, 0.25) is 0 Å². The fourth-order valence-corrected chi connectivity index (χ4v) is 4.31. The summed E-state index contributed by atoms with van der Waals surface area (Å²) in [4.78, 5) is 35.1. The standard InChI is InChI=1S/C21H25F3N4O5/c1-12(26-18(30)17(29)25-2)11-13-7-9-20(10-8-13)16(27-28-19(31)33-20)14-5-3-4-6-15(14)32-21(22,23)24/h3-6,12-13H,7-11H2,1-2H3,(H,25,29)(H,26,30)(H,28,31)/t12-,13?,20?/m0/s1. The van der Waals surface area contributed by atoms with Gasteiger partial charge in [-0.15, -0.1) is 13.2 Å². The molecule has 3 N–H and O–H groups in total. The van der Waals surface area contributed by atoms with Gasteiger partial charge in [0.25, 0.3) is 0 Å². The van der Waals surface area contributed by atoms with Crippen molar-refractivity contribution in [2.75, 3.05) is 7.05 Å². The predicted molar refractivity (Wildman–Crippen MR) is 110 cm³/mol. The fourth-order valence-electron chi connectivity index (χ4n) is 4.31. The van der Waals surface area contributed by atoms with Crippen molar-refractivity contribution in [3.05, 3.63) is 29.8 Å². The first-order valence-corrected chi connectivity index (χ1v) is 10.5. The minimum absolute atomic E-state index is 0.0829. The fraction of sp³-hybridized carbons (Fsp3) is 0.524. The van der Waals surface area contributed by atoms with Crippen LogP contribution in [-0.2, 0) is 14.3 Å². The molecule has 3 amide bonds. The second-order valence-electron chi connectivity index (χ2n) is 8.13. The molecular weight excluding hydrogens is 445 g/mol. The Morgan fingerprint density at radius 1 is 1.27 bits per heavy atom. The molecule has 33 heavy (non-hydrogen) atoms. The van der Waals surface area contributed by atoms with Crippen LogP contribution in [0, 0.1) is 5.92 Å². The molecule has 1 fully saturated rings. The number of hydrogen-bond acceptors (Lipinski definition) is 6. The number of ether oxygens (including phenoxy) is 2. The SMILES string of the molecule is CNC(=O)C(=O)N[C@@H](C)CC1CCC2(CC1)OC(=O)NN=C2c1ccccc1OC(F)(F)F. The molecule has 0 saturated heterocycles. The molecule has 3 rings (SSSR count). The number of benzene rings is 1. The van der Waals surface area contributed by atoms with Crippen LogP contribution in [0.5, 0.6) is 5.75 Å². The van der Waals surface area contributed by atoms with Crippen LogP contribution < -0.4 is 20.8 Å². The average Bonchev–Trinajstić information content (AvgIpc) is 2.74. The highest BCUT2D eigenvalue weighted by Crippen LogP contribution is 2.42. The predicted octanol–water partition coefficient (Wildman–Crippen LogP) is 2.60. The van der Waals surface area contributed by atoms with E-state index < -0.39 is 35.6 Å². The molecule has 1 aromatic carbocycles. The average molecular weight is 470 g/mol. The lowest BCUT2D eigenvalue weighted by atomic mass is 9.72. The number of hydrazone groups is 1. The van der Waals surface area contributed by atoms with Crippen molar-refractivity contribution in [3.63, 3.8) is 0 Å². The summed E-state index contributed by atoms with van der Waals surface area (Å²) in [7, 11) is 1.37. The zero-order valence-electron chi connectivity index (χ0n) is 18.1. The Morgan fingerprint density at radius 2 is 1.94 bits per heavy atom. The summed E-state index contributed by atoms with van der Waals surface area (Å²) in [6.07, 6.45) is -3.26. The molecule has 0 radical (unpaired) electrons. The molecule has 1 aliphatic heterocycles. The highest BCUT2D eigenvalue weighted by atomic mass is 19.4. The van der Waals surface area contributed by atoms with Gasteiger partial charge >= 0.3 is 24.3 Å². The summed E-state index contributed by atoms with van der Waals surface area (Å²) < 4.78 is 48.5. The lowest BCUT2D eigenvalue weighted by Gasteiger charge is -2.42. The van der Waals surface area contributed by atoms with Gasteiger partial charge in [0.15, 0.2) is 5.60 Å². The highest BCUT2D eigenvalue weighted by molar-refractivity contribution is 6.35. The molecule has 0 unspecified atom stereocenters. The van der Waals surface area contributed by atoms with Crippen LogP contribution in [-0.4, -0.2) is 48.7 Å². The number of alkyl halides is 3. The van der Waals surface area contributed by atoms with E-state index in [1.807, 2.05) is 0 Å². The van der Waals surface area contributed by atoms with E-state index >= 15 is 0 Å². The number of para-hydroxylation sites is 1. The Kier molecular flexibility index (Phi) is 7.13. The molecule has 9 nitrogen and oxygen atoms in total. The van der Waals surface area contributed by atoms with E-state index in [2.05, 4.69) is 25.9 Å². The maximum atomic E-state index is 12.9. The lowest BCUT2D eigenvalue weighted by molar-refractivity contribution is -0.274. The zero-order valence-corrected chi connectivity index (χ0v) is 18.1. The third kappa shape index (κ3) is 5.93. The van der Waals surface area contributed by atoms with E-state index in [-0.39, 0.29) is 23.2 Å². The Balaban J connectivity index is 1.74. The summed E-state index contributed by atoms with van der Waals surface area (Å²) in [6, 6.07) is 5.31. The zero-order chi connectivity index (χ0) is 24.2. The van der Waals surface area contributed by atoms with E-state index in [1.54, 1.807) is 13.0 Å². The molecule has 12 heteroatoms. The van der Waals surface area contributed by atoms with Crippen LogP contribution in [0.3, 0.4) is 0 Å². The summed E-state index contributed by atoms with van der Waals surface area (Å²) in [6.45, 7) is 1.79. The van der Waals surface area contributed by atoms with Crippen molar-refractivity contribution in [3.8, 4) is 5.75 Å². The number of nitrogens with one attached hydrogen (secondary N) is 3. The summed E-state index contributed by atoms with van der Waals surface area (Å²) in [5, 5.41) is 8.93. The van der Waals surface area contributed by atoms with Crippen LogP contribution in [0.1, 0.15) is 44.6 Å². The van der Waals surface area contributed by atoms with Crippen molar-refractivity contribution in [1.82, 2.24) is 16.1 Å². The van der Waals surface area contributed by atoms with Gasteiger partial charge in [0.2, 0.25) is 0 Å². The Bertz CT molecular complexity index is 942. The molecule has 0 aromatic heterocycles. The Morgan fingerprint density at radius 3 is 2.58 bits per heavy atom. The Hall–Kier alpha value is -3.31. The number of likely N-dealkylation sites (N-methyl/N-ethyl adjacent to an activating group) is 1. The van der Waals surface area contributed by atoms with Gasteiger partial charge in [0, 0.05) is 18.7 Å². The van der Waals surface area contributed by atoms with Gasteiger partial charge in [0.05, 0.1) is 0 Å². The Labute approximate surface area is 188 Å². The topological polar surface area (TPSA) is 118 Å². The van der Waals surface area contributed by atoms with Gasteiger partial charge in [-0.3, -0.25) is 9.59 Å². The molecule has 1 spiro atoms. The maximum Gasteiger partial charge on any atom is 0.573 e. The molecule has 1 aromatic rings. The smallest absolute Gasteiger partial charge is 0.435 e. The summed E-state index contributed by atoms with van der Waals surface area (Å²) in [5.41, 5.74) is 1.23. The van der Waals surface area contributed by atoms with Gasteiger partial charge < -0.3 is 20.1 Å². The van der Waals surface area contributed by atoms with Crippen molar-refractivity contribution in [2.24, 2.45) is 11.0 Å². The van der Waals surface area contributed by atoms with E-state index in [4.69, 9.17) is 4.74 Å². The first-order chi connectivity index (χ1) is 15.5. The summed E-state index contributed by atoms with van der Waals surface area (Å²) in [5.74, 6) is -1.74. The van der Waals surface area contributed by atoms with Gasteiger partial charge in [-0.1, -0.05) is 12.1 Å². The molecule has 1 aliphatic carbocycles. The van der Waals surface area contributed by atoms with Crippen molar-refractivity contribution < 1.29 is 37.0 Å². The van der Waals surface area contributed by atoms with E-state index in [0.29, 0.717) is 32.1 Å². The van der Waals surface area contributed by atoms with Gasteiger partial charge in [-0.25, -0.2) is 10.2 Å². The number of carbonyl (C=O) groups excluding carboxylic acids is 3. The lowest BCUT2D eigenvalue weighted by Crippen LogP contribution is -2.52. The quantitative estimate of drug-likeness (QED) is 0.572. The van der Waals surface area contributed by atoms with Crippen LogP contribution in [0.4, 0.5) is 18.0 Å². The van der Waals surface area contributed by atoms with E-state index in [0.717, 1.165) is 0 Å². The number of nitrogens with zero attached hydrogens (tertiary/aromatic N) is 1. The van der Waals surface area contributed by atoms with Crippen LogP contribution in [0.15, 0.2) is 29.4 Å². The van der Waals surface area contributed by atoms with E-state index in [1.165, 1.54) is 25.2 Å². The highest BCUT2D eigenvalue weighted by Gasteiger charge is 2.47. The number of amides is 3. The van der Waals surface area contributed by atoms with Gasteiger partial charge in [-0.05, 0) is 57.1 Å². The largest absolute Gasteiger partial charge is 0.573 e. The van der Waals surface area contributed by atoms with Gasteiger partial charge in [0.1, 0.15) is 11.5 Å². The molecule has 1 atom stereocenters. The third-order valence-corrected chi connectivity index (χ3v) is 5.76. The first kappa shape index (κ1) is 24.3. The van der Waals surface area contributed by atoms with Crippen LogP contribution in [0.25, 0.3) is 0 Å². The molecule has 180 valence electrons. The van der Waals surface area contributed by atoms with E-state index in [9.17, 15) is 27.6 Å². The number of rotatable bonds is 5. The minimum atomic E-state index is -4.89. The molecular formula is C21H25F3N4O5. The second-order valence-corrected chi connectivity index (χ2v) is 8.13. The van der Waals surface area contributed by atoms with Gasteiger partial charge in [-0.2, -0.15) is 5.10 Å². The van der Waals surface area contributed by atoms with Crippen LogP contribution >= 0.6 is 0 Å².